The molecule has 1 N–H and O–H groups in total. The van der Waals surface area contributed by atoms with Gasteiger partial charge >= 0.3 is 5.97 Å². The second kappa shape index (κ2) is 4.88. The van der Waals surface area contributed by atoms with Crippen molar-refractivity contribution in [1.29, 1.82) is 0 Å². The molecule has 1 heterocycles. The Morgan fingerprint density at radius 3 is 2.53 bits per heavy atom. The summed E-state index contributed by atoms with van der Waals surface area (Å²) in [4.78, 5) is 11.4. The van der Waals surface area contributed by atoms with Gasteiger partial charge in [-0.25, -0.2) is 0 Å². The smallest absolute Gasteiger partial charge is 0.309 e. The number of hydrogen-bond acceptors (Lipinski definition) is 2. The first-order valence-electron chi connectivity index (χ1n) is 6.00. The standard InChI is InChI=1S/C14H18O3/c1-9(2)13-12(14(15)16)11(8-17-13)10-6-4-3-5-7-10/h3-7,9,11-13H,8H2,1-2H3,(H,15,16). The van der Waals surface area contributed by atoms with Crippen molar-refractivity contribution in [1.82, 2.24) is 0 Å². The minimum Gasteiger partial charge on any atom is -0.481 e. The summed E-state index contributed by atoms with van der Waals surface area (Å²) in [6.45, 7) is 4.52. The summed E-state index contributed by atoms with van der Waals surface area (Å²) in [5.74, 6) is -0.988. The molecule has 3 unspecified atom stereocenters. The molecule has 1 fully saturated rings. The Morgan fingerprint density at radius 2 is 2.00 bits per heavy atom. The number of aliphatic carboxylic acids is 1. The summed E-state index contributed by atoms with van der Waals surface area (Å²) in [5.41, 5.74) is 1.06. The van der Waals surface area contributed by atoms with Crippen molar-refractivity contribution in [2.75, 3.05) is 6.61 Å². The number of carboxylic acids is 1. The van der Waals surface area contributed by atoms with Gasteiger partial charge in [0.15, 0.2) is 0 Å². The van der Waals surface area contributed by atoms with Crippen LogP contribution in [0.5, 0.6) is 0 Å². The maximum absolute atomic E-state index is 11.4. The number of carbonyl (C=O) groups is 1. The Balaban J connectivity index is 2.27. The van der Waals surface area contributed by atoms with Crippen molar-refractivity contribution < 1.29 is 14.6 Å². The van der Waals surface area contributed by atoms with Crippen LogP contribution in [0.1, 0.15) is 25.3 Å². The zero-order valence-corrected chi connectivity index (χ0v) is 10.2. The van der Waals surface area contributed by atoms with Crippen LogP contribution in [0.3, 0.4) is 0 Å². The van der Waals surface area contributed by atoms with E-state index in [-0.39, 0.29) is 17.9 Å². The molecule has 0 spiro atoms. The van der Waals surface area contributed by atoms with Crippen LogP contribution in [0, 0.1) is 11.8 Å². The molecule has 0 amide bonds. The number of carboxylic acid groups (broad SMARTS) is 1. The molecule has 3 nitrogen and oxygen atoms in total. The average molecular weight is 234 g/mol. The lowest BCUT2D eigenvalue weighted by atomic mass is 9.82. The molecule has 1 aliphatic heterocycles. The number of hydrogen-bond donors (Lipinski definition) is 1. The van der Waals surface area contributed by atoms with Crippen molar-refractivity contribution in [3.63, 3.8) is 0 Å². The predicted molar refractivity (Wildman–Crippen MR) is 64.9 cm³/mol. The minimum atomic E-state index is -0.755. The largest absolute Gasteiger partial charge is 0.481 e. The third-order valence-corrected chi connectivity index (χ3v) is 3.43. The average Bonchev–Trinajstić information content (AvgIpc) is 2.74. The van der Waals surface area contributed by atoms with Crippen LogP contribution in [0.4, 0.5) is 0 Å². The Morgan fingerprint density at radius 1 is 1.35 bits per heavy atom. The van der Waals surface area contributed by atoms with Crippen LogP contribution < -0.4 is 0 Å². The summed E-state index contributed by atoms with van der Waals surface area (Å²) in [6, 6.07) is 9.78. The Kier molecular flexibility index (Phi) is 3.48. The molecule has 1 aromatic rings. The number of benzene rings is 1. The highest BCUT2D eigenvalue weighted by Crippen LogP contribution is 2.38. The van der Waals surface area contributed by atoms with Crippen LogP contribution in [-0.4, -0.2) is 23.8 Å². The monoisotopic (exact) mass is 234 g/mol. The molecular weight excluding hydrogens is 216 g/mol. The Hall–Kier alpha value is -1.35. The molecule has 0 aromatic heterocycles. The van der Waals surface area contributed by atoms with Gasteiger partial charge in [-0.1, -0.05) is 44.2 Å². The fourth-order valence-corrected chi connectivity index (χ4v) is 2.57. The highest BCUT2D eigenvalue weighted by molar-refractivity contribution is 5.72. The van der Waals surface area contributed by atoms with E-state index in [1.165, 1.54) is 0 Å². The molecule has 1 aliphatic rings. The molecule has 1 saturated heterocycles. The third-order valence-electron chi connectivity index (χ3n) is 3.43. The van der Waals surface area contributed by atoms with Gasteiger partial charge in [-0.05, 0) is 11.5 Å². The van der Waals surface area contributed by atoms with Crippen LogP contribution in [-0.2, 0) is 9.53 Å². The van der Waals surface area contributed by atoms with Crippen molar-refractivity contribution >= 4 is 5.97 Å². The van der Waals surface area contributed by atoms with E-state index in [4.69, 9.17) is 4.74 Å². The lowest BCUT2D eigenvalue weighted by molar-refractivity contribution is -0.144. The molecule has 3 atom stereocenters. The molecule has 0 aliphatic carbocycles. The fourth-order valence-electron chi connectivity index (χ4n) is 2.57. The maximum atomic E-state index is 11.4. The van der Waals surface area contributed by atoms with Gasteiger partial charge in [-0.2, -0.15) is 0 Å². The molecule has 3 heteroatoms. The SMILES string of the molecule is CC(C)C1OCC(c2ccccc2)C1C(=O)O. The minimum absolute atomic E-state index is 0.0268. The van der Waals surface area contributed by atoms with Crippen molar-refractivity contribution in [2.45, 2.75) is 25.9 Å². The second-order valence-electron chi connectivity index (χ2n) is 4.92. The second-order valence-corrected chi connectivity index (χ2v) is 4.92. The zero-order valence-electron chi connectivity index (χ0n) is 10.2. The highest BCUT2D eigenvalue weighted by atomic mass is 16.5. The van der Waals surface area contributed by atoms with Gasteiger partial charge in [-0.15, -0.1) is 0 Å². The Labute approximate surface area is 101 Å². The van der Waals surface area contributed by atoms with E-state index >= 15 is 0 Å². The highest BCUT2D eigenvalue weighted by Gasteiger charge is 2.44. The van der Waals surface area contributed by atoms with Crippen LogP contribution in [0.15, 0.2) is 30.3 Å². The summed E-state index contributed by atoms with van der Waals surface area (Å²) in [5, 5.41) is 9.38. The van der Waals surface area contributed by atoms with Crippen molar-refractivity contribution in [3.8, 4) is 0 Å². The van der Waals surface area contributed by atoms with Gasteiger partial charge in [0.05, 0.1) is 18.6 Å². The zero-order chi connectivity index (χ0) is 12.4. The third kappa shape index (κ3) is 2.34. The summed E-state index contributed by atoms with van der Waals surface area (Å²) in [7, 11) is 0. The Bertz CT molecular complexity index is 386. The van der Waals surface area contributed by atoms with E-state index in [0.717, 1.165) is 5.56 Å². The van der Waals surface area contributed by atoms with E-state index in [9.17, 15) is 9.90 Å². The van der Waals surface area contributed by atoms with Crippen LogP contribution in [0.25, 0.3) is 0 Å². The van der Waals surface area contributed by atoms with Crippen LogP contribution in [0.2, 0.25) is 0 Å². The molecule has 1 aromatic carbocycles. The van der Waals surface area contributed by atoms with Gasteiger partial charge in [0, 0.05) is 5.92 Å². The number of ether oxygens (including phenoxy) is 1. The first-order chi connectivity index (χ1) is 8.11. The first-order valence-corrected chi connectivity index (χ1v) is 6.00. The van der Waals surface area contributed by atoms with Crippen LogP contribution >= 0.6 is 0 Å². The van der Waals surface area contributed by atoms with E-state index in [1.54, 1.807) is 0 Å². The summed E-state index contributed by atoms with van der Waals surface area (Å²) < 4.78 is 5.67. The molecule has 92 valence electrons. The van der Waals surface area contributed by atoms with E-state index < -0.39 is 11.9 Å². The molecule has 0 bridgehead atoms. The van der Waals surface area contributed by atoms with Gasteiger partial charge in [0.2, 0.25) is 0 Å². The van der Waals surface area contributed by atoms with Crippen molar-refractivity contribution in [3.05, 3.63) is 35.9 Å². The van der Waals surface area contributed by atoms with Gasteiger partial charge in [-0.3, -0.25) is 4.79 Å². The topological polar surface area (TPSA) is 46.5 Å². The molecule has 17 heavy (non-hydrogen) atoms. The fraction of sp³-hybridized carbons (Fsp3) is 0.500. The lowest BCUT2D eigenvalue weighted by Gasteiger charge is -2.21. The number of rotatable bonds is 3. The van der Waals surface area contributed by atoms with Gasteiger partial charge in [0.25, 0.3) is 0 Å². The summed E-state index contributed by atoms with van der Waals surface area (Å²) in [6.07, 6.45) is -0.183. The van der Waals surface area contributed by atoms with E-state index in [1.807, 2.05) is 44.2 Å². The normalized spacial score (nSPS) is 28.5. The van der Waals surface area contributed by atoms with E-state index in [2.05, 4.69) is 0 Å². The van der Waals surface area contributed by atoms with Gasteiger partial charge in [0.1, 0.15) is 0 Å². The summed E-state index contributed by atoms with van der Waals surface area (Å²) >= 11 is 0. The quantitative estimate of drug-likeness (QED) is 0.874. The molecule has 0 radical (unpaired) electrons. The molecule has 0 saturated carbocycles. The van der Waals surface area contributed by atoms with Gasteiger partial charge < -0.3 is 9.84 Å². The lowest BCUT2D eigenvalue weighted by Crippen LogP contribution is -2.31. The first kappa shape index (κ1) is 12.1. The molecular formula is C14H18O3. The maximum Gasteiger partial charge on any atom is 0.309 e. The van der Waals surface area contributed by atoms with Crippen molar-refractivity contribution in [2.24, 2.45) is 11.8 Å². The van der Waals surface area contributed by atoms with E-state index in [0.29, 0.717) is 6.61 Å². The molecule has 2 rings (SSSR count). The predicted octanol–water partition coefficient (Wildman–Crippen LogP) is 2.53.